The molecule has 1 aliphatic rings. The zero-order valence-corrected chi connectivity index (χ0v) is 12.1. The highest BCUT2D eigenvalue weighted by Crippen LogP contribution is 2.44. The summed E-state index contributed by atoms with van der Waals surface area (Å²) in [6, 6.07) is 4.42. The van der Waals surface area contributed by atoms with Crippen molar-refractivity contribution in [2.24, 2.45) is 5.41 Å². The summed E-state index contributed by atoms with van der Waals surface area (Å²) in [4.78, 5) is 0.0104. The van der Waals surface area contributed by atoms with E-state index in [-0.39, 0.29) is 29.2 Å². The molecule has 19 heavy (non-hydrogen) atoms. The second kappa shape index (κ2) is 5.28. The predicted octanol–water partition coefficient (Wildman–Crippen LogP) is 1.40. The maximum Gasteiger partial charge on any atom is 0.244 e. The smallest absolute Gasteiger partial charge is 0.244 e. The molecule has 0 atom stereocenters. The fourth-order valence-electron chi connectivity index (χ4n) is 1.75. The molecule has 2 N–H and O–H groups in total. The second-order valence-electron chi connectivity index (χ2n) is 4.78. The lowest BCUT2D eigenvalue weighted by atomic mass is 10.1. The number of hydrogen-bond acceptors (Lipinski definition) is 4. The lowest BCUT2D eigenvalue weighted by molar-refractivity contribution is 0.213. The Kier molecular flexibility index (Phi) is 4.06. The van der Waals surface area contributed by atoms with E-state index in [0.29, 0.717) is 5.02 Å². The number of nitrogens with one attached hydrogen (secondary N) is 1. The van der Waals surface area contributed by atoms with Crippen molar-refractivity contribution in [3.05, 3.63) is 23.2 Å². The molecule has 0 saturated heterocycles. The van der Waals surface area contributed by atoms with Crippen LogP contribution in [-0.4, -0.2) is 33.8 Å². The largest absolute Gasteiger partial charge is 0.495 e. The molecule has 1 aliphatic carbocycles. The SMILES string of the molecule is COc1ccc(Cl)cc1S(=O)(=O)NCC1(CO)CC1. The van der Waals surface area contributed by atoms with Crippen LogP contribution in [0.5, 0.6) is 5.75 Å². The minimum atomic E-state index is -3.70. The second-order valence-corrected chi connectivity index (χ2v) is 6.95. The van der Waals surface area contributed by atoms with Crippen LogP contribution in [0.2, 0.25) is 5.02 Å². The van der Waals surface area contributed by atoms with Crippen molar-refractivity contribution in [2.45, 2.75) is 17.7 Å². The summed E-state index contributed by atoms with van der Waals surface area (Å²) >= 11 is 5.82. The number of benzene rings is 1. The standard InChI is InChI=1S/C12H16ClNO4S/c1-18-10-3-2-9(13)6-11(10)19(16,17)14-7-12(8-15)4-5-12/h2-3,6,14-15H,4-5,7-8H2,1H3. The van der Waals surface area contributed by atoms with Gasteiger partial charge in [-0.1, -0.05) is 11.6 Å². The number of rotatable bonds is 6. The van der Waals surface area contributed by atoms with Gasteiger partial charge in [0.1, 0.15) is 10.6 Å². The molecule has 1 aromatic carbocycles. The molecular formula is C12H16ClNO4S. The van der Waals surface area contributed by atoms with Crippen LogP contribution < -0.4 is 9.46 Å². The van der Waals surface area contributed by atoms with E-state index in [0.717, 1.165) is 12.8 Å². The molecule has 7 heteroatoms. The molecular weight excluding hydrogens is 290 g/mol. The Morgan fingerprint density at radius 1 is 1.47 bits per heavy atom. The maximum absolute atomic E-state index is 12.2. The topological polar surface area (TPSA) is 75.6 Å². The van der Waals surface area contributed by atoms with Crippen molar-refractivity contribution < 1.29 is 18.3 Å². The van der Waals surface area contributed by atoms with Gasteiger partial charge in [0.25, 0.3) is 0 Å². The van der Waals surface area contributed by atoms with Crippen LogP contribution in [0.3, 0.4) is 0 Å². The quantitative estimate of drug-likeness (QED) is 0.833. The molecule has 0 bridgehead atoms. The molecule has 0 aromatic heterocycles. The Labute approximate surface area is 117 Å². The van der Waals surface area contributed by atoms with Crippen molar-refractivity contribution in [2.75, 3.05) is 20.3 Å². The van der Waals surface area contributed by atoms with E-state index in [1.165, 1.54) is 19.2 Å². The van der Waals surface area contributed by atoms with Gasteiger partial charge in [-0.05, 0) is 31.0 Å². The Morgan fingerprint density at radius 3 is 2.68 bits per heavy atom. The first-order chi connectivity index (χ1) is 8.92. The van der Waals surface area contributed by atoms with E-state index >= 15 is 0 Å². The van der Waals surface area contributed by atoms with Gasteiger partial charge in [0.05, 0.1) is 7.11 Å². The summed E-state index contributed by atoms with van der Waals surface area (Å²) in [7, 11) is -2.30. The Bertz CT molecular complexity index is 569. The first kappa shape index (κ1) is 14.6. The molecule has 1 fully saturated rings. The molecule has 1 aromatic rings. The predicted molar refractivity (Wildman–Crippen MR) is 71.9 cm³/mol. The summed E-state index contributed by atoms with van der Waals surface area (Å²) in [5, 5.41) is 9.51. The third kappa shape index (κ3) is 3.20. The van der Waals surface area contributed by atoms with Gasteiger partial charge < -0.3 is 9.84 Å². The monoisotopic (exact) mass is 305 g/mol. The van der Waals surface area contributed by atoms with Gasteiger partial charge in [0.2, 0.25) is 10.0 Å². The Balaban J connectivity index is 2.21. The summed E-state index contributed by atoms with van der Waals surface area (Å²) in [6.07, 6.45) is 1.66. The number of aliphatic hydroxyl groups is 1. The average Bonchev–Trinajstić information content (AvgIpc) is 3.17. The van der Waals surface area contributed by atoms with Crippen LogP contribution in [0.4, 0.5) is 0 Å². The van der Waals surface area contributed by atoms with Crippen LogP contribution in [0.15, 0.2) is 23.1 Å². The van der Waals surface area contributed by atoms with Crippen LogP contribution in [0.25, 0.3) is 0 Å². The summed E-state index contributed by atoms with van der Waals surface area (Å²) in [6.45, 7) is 0.212. The number of ether oxygens (including phenoxy) is 1. The molecule has 0 spiro atoms. The minimum Gasteiger partial charge on any atom is -0.495 e. The lowest BCUT2D eigenvalue weighted by Gasteiger charge is -2.15. The van der Waals surface area contributed by atoms with E-state index in [2.05, 4.69) is 4.72 Å². The van der Waals surface area contributed by atoms with Crippen LogP contribution in [0.1, 0.15) is 12.8 Å². The molecule has 5 nitrogen and oxygen atoms in total. The molecule has 0 radical (unpaired) electrons. The van der Waals surface area contributed by atoms with Gasteiger partial charge in [-0.2, -0.15) is 0 Å². The van der Waals surface area contributed by atoms with Gasteiger partial charge in [0, 0.05) is 23.6 Å². The maximum atomic E-state index is 12.2. The van der Waals surface area contributed by atoms with Crippen molar-refractivity contribution in [3.8, 4) is 5.75 Å². The number of methoxy groups -OCH3 is 1. The average molecular weight is 306 g/mol. The number of halogens is 1. The molecule has 106 valence electrons. The highest BCUT2D eigenvalue weighted by atomic mass is 35.5. The highest BCUT2D eigenvalue weighted by molar-refractivity contribution is 7.89. The fourth-order valence-corrected chi connectivity index (χ4v) is 3.34. The highest BCUT2D eigenvalue weighted by Gasteiger charge is 2.42. The van der Waals surface area contributed by atoms with Crippen LogP contribution in [-0.2, 0) is 10.0 Å². The third-order valence-corrected chi connectivity index (χ3v) is 5.00. The summed E-state index contributed by atoms with van der Waals surface area (Å²) in [5.74, 6) is 0.241. The van der Waals surface area contributed by atoms with Gasteiger partial charge in [0.15, 0.2) is 0 Å². The van der Waals surface area contributed by atoms with Crippen molar-refractivity contribution >= 4 is 21.6 Å². The van der Waals surface area contributed by atoms with E-state index in [4.69, 9.17) is 16.3 Å². The lowest BCUT2D eigenvalue weighted by Crippen LogP contribution is -2.32. The molecule has 1 saturated carbocycles. The van der Waals surface area contributed by atoms with Crippen LogP contribution >= 0.6 is 11.6 Å². The van der Waals surface area contributed by atoms with E-state index < -0.39 is 10.0 Å². The van der Waals surface area contributed by atoms with E-state index in [9.17, 15) is 13.5 Å². The minimum absolute atomic E-state index is 0.0104. The molecule has 2 rings (SSSR count). The number of aliphatic hydroxyl groups excluding tert-OH is 1. The number of hydrogen-bond donors (Lipinski definition) is 2. The van der Waals surface area contributed by atoms with Crippen molar-refractivity contribution in [1.82, 2.24) is 4.72 Å². The first-order valence-corrected chi connectivity index (χ1v) is 7.73. The zero-order valence-electron chi connectivity index (χ0n) is 10.5. The first-order valence-electron chi connectivity index (χ1n) is 5.86. The molecule has 0 heterocycles. The molecule has 0 unspecified atom stereocenters. The van der Waals surface area contributed by atoms with Gasteiger partial charge >= 0.3 is 0 Å². The zero-order chi connectivity index (χ0) is 14.1. The van der Waals surface area contributed by atoms with E-state index in [1.807, 2.05) is 0 Å². The van der Waals surface area contributed by atoms with Crippen molar-refractivity contribution in [1.29, 1.82) is 0 Å². The van der Waals surface area contributed by atoms with E-state index in [1.54, 1.807) is 6.07 Å². The Morgan fingerprint density at radius 2 is 2.16 bits per heavy atom. The molecule has 0 amide bonds. The normalized spacial score (nSPS) is 17.2. The molecule has 0 aliphatic heterocycles. The van der Waals surface area contributed by atoms with Gasteiger partial charge in [-0.25, -0.2) is 13.1 Å². The Hall–Kier alpha value is -0.820. The van der Waals surface area contributed by atoms with Crippen molar-refractivity contribution in [3.63, 3.8) is 0 Å². The summed E-state index contributed by atoms with van der Waals surface area (Å²) in [5.41, 5.74) is -0.293. The fraction of sp³-hybridized carbons (Fsp3) is 0.500. The summed E-state index contributed by atoms with van der Waals surface area (Å²) < 4.78 is 32.0. The number of sulfonamides is 1. The third-order valence-electron chi connectivity index (χ3n) is 3.34. The van der Waals surface area contributed by atoms with Gasteiger partial charge in [-0.3, -0.25) is 0 Å². The van der Waals surface area contributed by atoms with Gasteiger partial charge in [-0.15, -0.1) is 0 Å². The van der Waals surface area contributed by atoms with Crippen LogP contribution in [0, 0.1) is 5.41 Å².